The van der Waals surface area contributed by atoms with Crippen LogP contribution < -0.4 is 0 Å². The van der Waals surface area contributed by atoms with Gasteiger partial charge in [-0.1, -0.05) is 32.0 Å². The number of nitrogens with zero attached hydrogens (tertiary/aromatic N) is 4. The summed E-state index contributed by atoms with van der Waals surface area (Å²) in [4.78, 5) is 20.2. The Kier molecular flexibility index (Phi) is 4.68. The molecule has 0 spiro atoms. The van der Waals surface area contributed by atoms with Crippen molar-refractivity contribution in [3.63, 3.8) is 0 Å². The van der Waals surface area contributed by atoms with Crippen molar-refractivity contribution in [2.45, 2.75) is 40.0 Å². The summed E-state index contributed by atoms with van der Waals surface area (Å²) in [5.41, 5.74) is 4.24. The second-order valence-electron chi connectivity index (χ2n) is 7.54. The van der Waals surface area contributed by atoms with E-state index in [1.807, 2.05) is 52.9 Å². The van der Waals surface area contributed by atoms with Gasteiger partial charge in [0.2, 0.25) is 0 Å². The van der Waals surface area contributed by atoms with Crippen molar-refractivity contribution in [2.24, 2.45) is 5.92 Å². The lowest BCUT2D eigenvalue weighted by atomic mass is 9.98. The van der Waals surface area contributed by atoms with Crippen molar-refractivity contribution in [3.05, 3.63) is 53.3 Å². The van der Waals surface area contributed by atoms with Gasteiger partial charge in [0.05, 0.1) is 22.3 Å². The van der Waals surface area contributed by atoms with Gasteiger partial charge in [0, 0.05) is 18.8 Å². The quantitative estimate of drug-likeness (QED) is 0.703. The molecule has 0 N–H and O–H groups in total. The van der Waals surface area contributed by atoms with Gasteiger partial charge in [0.15, 0.2) is 5.65 Å². The average molecular weight is 362 g/mol. The van der Waals surface area contributed by atoms with Gasteiger partial charge in [0.25, 0.3) is 5.91 Å². The fraction of sp³-hybridized carbons (Fsp3) is 0.409. The Bertz CT molecular complexity index is 977. The van der Waals surface area contributed by atoms with Crippen LogP contribution in [0.4, 0.5) is 0 Å². The van der Waals surface area contributed by atoms with Gasteiger partial charge in [-0.05, 0) is 50.3 Å². The topological polar surface area (TPSA) is 51.0 Å². The molecule has 1 atom stereocenters. The summed E-state index contributed by atoms with van der Waals surface area (Å²) >= 11 is 0. The smallest absolute Gasteiger partial charge is 0.254 e. The molecule has 1 saturated heterocycles. The molecule has 0 saturated carbocycles. The zero-order valence-corrected chi connectivity index (χ0v) is 16.3. The number of aromatic nitrogens is 3. The molecule has 3 aromatic rings. The molecule has 3 heterocycles. The number of amides is 1. The Morgan fingerprint density at radius 3 is 2.74 bits per heavy atom. The molecule has 1 aliphatic heterocycles. The number of hydrogen-bond donors (Lipinski definition) is 0. The van der Waals surface area contributed by atoms with Gasteiger partial charge < -0.3 is 4.90 Å². The highest BCUT2D eigenvalue weighted by molar-refractivity contribution is 6.06. The molecule has 0 aliphatic carbocycles. The molecule has 1 aromatic carbocycles. The molecule has 0 radical (unpaired) electrons. The van der Waals surface area contributed by atoms with Crippen LogP contribution in [0.15, 0.2) is 36.4 Å². The van der Waals surface area contributed by atoms with Crippen molar-refractivity contribution in [2.75, 3.05) is 13.1 Å². The summed E-state index contributed by atoms with van der Waals surface area (Å²) < 4.78 is 1.86. The molecule has 140 valence electrons. The predicted octanol–water partition coefficient (Wildman–Crippen LogP) is 4.16. The number of piperidine rings is 1. The number of benzene rings is 1. The van der Waals surface area contributed by atoms with E-state index in [9.17, 15) is 4.79 Å². The van der Waals surface area contributed by atoms with Crippen molar-refractivity contribution >= 4 is 16.9 Å². The molecule has 1 unspecified atom stereocenters. The van der Waals surface area contributed by atoms with Crippen LogP contribution in [-0.4, -0.2) is 38.7 Å². The predicted molar refractivity (Wildman–Crippen MR) is 107 cm³/mol. The molecule has 1 fully saturated rings. The van der Waals surface area contributed by atoms with Crippen LogP contribution in [0.2, 0.25) is 0 Å². The van der Waals surface area contributed by atoms with Gasteiger partial charge in [-0.25, -0.2) is 9.67 Å². The lowest BCUT2D eigenvalue weighted by molar-refractivity contribution is 0.0685. The Morgan fingerprint density at radius 1 is 1.26 bits per heavy atom. The van der Waals surface area contributed by atoms with E-state index in [4.69, 9.17) is 10.1 Å². The molecular weight excluding hydrogens is 336 g/mol. The Labute approximate surface area is 160 Å². The molecule has 1 amide bonds. The van der Waals surface area contributed by atoms with Gasteiger partial charge in [-0.15, -0.1) is 0 Å². The number of carbonyl (C=O) groups is 1. The average Bonchev–Trinajstić information content (AvgIpc) is 3.04. The highest BCUT2D eigenvalue weighted by Gasteiger charge is 2.26. The Hall–Kier alpha value is -2.69. The van der Waals surface area contributed by atoms with E-state index in [-0.39, 0.29) is 5.91 Å². The molecule has 0 bridgehead atoms. The minimum Gasteiger partial charge on any atom is -0.338 e. The maximum Gasteiger partial charge on any atom is 0.254 e. The lowest BCUT2D eigenvalue weighted by Crippen LogP contribution is -2.39. The number of hydrogen-bond acceptors (Lipinski definition) is 3. The molecule has 27 heavy (non-hydrogen) atoms. The lowest BCUT2D eigenvalue weighted by Gasteiger charge is -2.31. The first-order chi connectivity index (χ1) is 13.1. The molecule has 5 heteroatoms. The van der Waals surface area contributed by atoms with Crippen LogP contribution in [0.1, 0.15) is 48.4 Å². The van der Waals surface area contributed by atoms with E-state index in [1.165, 1.54) is 6.42 Å². The first kappa shape index (κ1) is 17.7. The maximum atomic E-state index is 13.4. The SMILES string of the molecule is CCc1cc(C(=O)N2CCCC(C)C2)c2c(C)nn(-c3ccccc3)c2n1. The fourth-order valence-corrected chi connectivity index (χ4v) is 3.98. The Morgan fingerprint density at radius 2 is 2.04 bits per heavy atom. The van der Waals surface area contributed by atoms with Crippen molar-refractivity contribution in [1.82, 2.24) is 19.7 Å². The van der Waals surface area contributed by atoms with Crippen LogP contribution >= 0.6 is 0 Å². The van der Waals surface area contributed by atoms with Gasteiger partial charge in [-0.2, -0.15) is 5.10 Å². The van der Waals surface area contributed by atoms with E-state index in [1.54, 1.807) is 0 Å². The first-order valence-corrected chi connectivity index (χ1v) is 9.82. The highest BCUT2D eigenvalue weighted by Crippen LogP contribution is 2.27. The second-order valence-corrected chi connectivity index (χ2v) is 7.54. The summed E-state index contributed by atoms with van der Waals surface area (Å²) in [6, 6.07) is 12.0. The number of carbonyl (C=O) groups excluding carboxylic acids is 1. The van der Waals surface area contributed by atoms with Crippen molar-refractivity contribution < 1.29 is 4.79 Å². The fourth-order valence-electron chi connectivity index (χ4n) is 3.98. The summed E-state index contributed by atoms with van der Waals surface area (Å²) in [5.74, 6) is 0.665. The van der Waals surface area contributed by atoms with Crippen molar-refractivity contribution in [3.8, 4) is 5.69 Å². The van der Waals surface area contributed by atoms with Crippen LogP contribution in [0.3, 0.4) is 0 Å². The molecular formula is C22H26N4O. The van der Waals surface area contributed by atoms with E-state index < -0.39 is 0 Å². The van der Waals surface area contributed by atoms with Crippen LogP contribution in [0.25, 0.3) is 16.7 Å². The van der Waals surface area contributed by atoms with E-state index in [2.05, 4.69) is 13.8 Å². The summed E-state index contributed by atoms with van der Waals surface area (Å²) in [7, 11) is 0. The van der Waals surface area contributed by atoms with E-state index >= 15 is 0 Å². The second kappa shape index (κ2) is 7.14. The third-order valence-electron chi connectivity index (χ3n) is 5.40. The number of likely N-dealkylation sites (tertiary alicyclic amines) is 1. The van der Waals surface area contributed by atoms with Crippen LogP contribution in [0, 0.1) is 12.8 Å². The maximum absolute atomic E-state index is 13.4. The monoisotopic (exact) mass is 362 g/mol. The largest absolute Gasteiger partial charge is 0.338 e. The summed E-state index contributed by atoms with van der Waals surface area (Å²) in [5, 5.41) is 5.60. The molecule has 4 rings (SSSR count). The standard InChI is InChI=1S/C22H26N4O/c1-4-17-13-19(22(27)25-12-8-9-15(2)14-25)20-16(3)24-26(21(20)23-17)18-10-6-5-7-11-18/h5-7,10-11,13,15H,4,8-9,12,14H2,1-3H3. The first-order valence-electron chi connectivity index (χ1n) is 9.82. The zero-order valence-electron chi connectivity index (χ0n) is 16.3. The Balaban J connectivity index is 1.88. The van der Waals surface area contributed by atoms with E-state index in [0.717, 1.165) is 59.6 Å². The number of para-hydroxylation sites is 1. The summed E-state index contributed by atoms with van der Waals surface area (Å²) in [6.07, 6.45) is 3.05. The summed E-state index contributed by atoms with van der Waals surface area (Å²) in [6.45, 7) is 7.92. The van der Waals surface area contributed by atoms with E-state index in [0.29, 0.717) is 5.92 Å². The minimum absolute atomic E-state index is 0.111. The number of pyridine rings is 1. The molecule has 1 aliphatic rings. The van der Waals surface area contributed by atoms with Gasteiger partial charge in [-0.3, -0.25) is 4.79 Å². The third kappa shape index (κ3) is 3.22. The zero-order chi connectivity index (χ0) is 19.0. The van der Waals surface area contributed by atoms with Crippen LogP contribution in [-0.2, 0) is 6.42 Å². The number of rotatable bonds is 3. The van der Waals surface area contributed by atoms with Crippen LogP contribution in [0.5, 0.6) is 0 Å². The van der Waals surface area contributed by atoms with Crippen molar-refractivity contribution in [1.29, 1.82) is 0 Å². The normalized spacial score (nSPS) is 17.4. The third-order valence-corrected chi connectivity index (χ3v) is 5.40. The number of fused-ring (bicyclic) bond motifs is 1. The van der Waals surface area contributed by atoms with Gasteiger partial charge >= 0.3 is 0 Å². The molecule has 2 aromatic heterocycles. The van der Waals surface area contributed by atoms with Gasteiger partial charge in [0.1, 0.15) is 0 Å². The minimum atomic E-state index is 0.111. The number of aryl methyl sites for hydroxylation is 2. The molecule has 5 nitrogen and oxygen atoms in total. The highest BCUT2D eigenvalue weighted by atomic mass is 16.2.